The van der Waals surface area contributed by atoms with Crippen molar-refractivity contribution >= 4 is 34.1 Å². The van der Waals surface area contributed by atoms with Crippen LogP contribution in [0.15, 0.2) is 18.2 Å². The van der Waals surface area contributed by atoms with Crippen LogP contribution in [0.4, 0.5) is 8.78 Å². The molecule has 0 amide bonds. The maximum Gasteiger partial charge on any atom is 0.203 e. The first-order valence-corrected chi connectivity index (χ1v) is 5.93. The zero-order valence-corrected chi connectivity index (χ0v) is 10.3. The quantitative estimate of drug-likeness (QED) is 0.787. The van der Waals surface area contributed by atoms with E-state index in [1.165, 1.54) is 18.2 Å². The van der Waals surface area contributed by atoms with Gasteiger partial charge in [0.2, 0.25) is 3.83 Å². The fraction of sp³-hybridized carbons (Fsp3) is 0.111. The number of rotatable bonds is 2. The number of aromatic nitrogens is 2. The lowest BCUT2D eigenvalue weighted by molar-refractivity contribution is 0.561. The van der Waals surface area contributed by atoms with Crippen molar-refractivity contribution in [2.24, 2.45) is 0 Å². The number of halogens is 3. The van der Waals surface area contributed by atoms with Crippen LogP contribution in [0.1, 0.15) is 10.6 Å². The summed E-state index contributed by atoms with van der Waals surface area (Å²) in [5, 5.41) is 0.614. The SMILES string of the molecule is Fc1cccc(F)c1Cc1nc(I)ns1. The smallest absolute Gasteiger partial charge is 0.203 e. The first-order chi connectivity index (χ1) is 7.16. The molecule has 0 fully saturated rings. The summed E-state index contributed by atoms with van der Waals surface area (Å²) < 4.78 is 31.1. The topological polar surface area (TPSA) is 25.8 Å². The second kappa shape index (κ2) is 4.48. The average Bonchev–Trinajstić information content (AvgIpc) is 2.58. The maximum atomic E-state index is 13.3. The van der Waals surface area contributed by atoms with E-state index in [1.54, 1.807) is 0 Å². The molecule has 2 nitrogen and oxygen atoms in total. The molecule has 1 heterocycles. The predicted octanol–water partition coefficient (Wildman–Crippen LogP) is 3.01. The van der Waals surface area contributed by atoms with E-state index in [1.807, 2.05) is 22.6 Å². The number of nitrogens with zero attached hydrogens (tertiary/aromatic N) is 2. The predicted molar refractivity (Wildman–Crippen MR) is 61.8 cm³/mol. The van der Waals surface area contributed by atoms with Crippen LogP contribution in [0.2, 0.25) is 0 Å². The highest BCUT2D eigenvalue weighted by molar-refractivity contribution is 14.1. The number of hydrogen-bond donors (Lipinski definition) is 0. The summed E-state index contributed by atoms with van der Waals surface area (Å²) in [5.74, 6) is -1.08. The van der Waals surface area contributed by atoms with Crippen LogP contribution in [-0.4, -0.2) is 9.36 Å². The molecule has 2 aromatic rings. The van der Waals surface area contributed by atoms with E-state index in [0.717, 1.165) is 11.5 Å². The van der Waals surface area contributed by atoms with Crippen molar-refractivity contribution in [1.82, 2.24) is 9.36 Å². The molecule has 1 aromatic carbocycles. The van der Waals surface area contributed by atoms with E-state index in [9.17, 15) is 8.78 Å². The molecule has 0 unspecified atom stereocenters. The molecule has 0 saturated carbocycles. The molecular weight excluding hydrogens is 333 g/mol. The third kappa shape index (κ3) is 2.49. The van der Waals surface area contributed by atoms with Gasteiger partial charge in [-0.2, -0.15) is 4.37 Å². The molecule has 0 atom stereocenters. The Balaban J connectivity index is 2.31. The highest BCUT2D eigenvalue weighted by Crippen LogP contribution is 2.18. The van der Waals surface area contributed by atoms with Gasteiger partial charge in [0.25, 0.3) is 0 Å². The van der Waals surface area contributed by atoms with E-state index in [2.05, 4.69) is 9.36 Å². The summed E-state index contributed by atoms with van der Waals surface area (Å²) in [7, 11) is 0. The van der Waals surface area contributed by atoms with Crippen LogP contribution < -0.4 is 0 Å². The Morgan fingerprint density at radius 2 is 1.93 bits per heavy atom. The largest absolute Gasteiger partial charge is 0.214 e. The maximum absolute atomic E-state index is 13.3. The minimum Gasteiger partial charge on any atom is -0.214 e. The van der Waals surface area contributed by atoms with Crippen LogP contribution in [0.3, 0.4) is 0 Å². The summed E-state index contributed by atoms with van der Waals surface area (Å²) in [6.45, 7) is 0. The van der Waals surface area contributed by atoms with E-state index in [0.29, 0.717) is 8.84 Å². The molecule has 2 rings (SSSR count). The molecule has 0 N–H and O–H groups in total. The second-order valence-corrected chi connectivity index (χ2v) is 4.64. The average molecular weight is 338 g/mol. The summed E-state index contributed by atoms with van der Waals surface area (Å²) in [6, 6.07) is 3.83. The first kappa shape index (κ1) is 10.9. The van der Waals surface area contributed by atoms with Gasteiger partial charge < -0.3 is 0 Å². The minimum absolute atomic E-state index is 0.0463. The third-order valence-electron chi connectivity index (χ3n) is 1.83. The fourth-order valence-electron chi connectivity index (χ4n) is 1.16. The van der Waals surface area contributed by atoms with Gasteiger partial charge >= 0.3 is 0 Å². The zero-order valence-electron chi connectivity index (χ0n) is 7.38. The van der Waals surface area contributed by atoms with E-state index in [4.69, 9.17) is 0 Å². The highest BCUT2D eigenvalue weighted by atomic mass is 127. The molecule has 0 radical (unpaired) electrons. The Labute approximate surface area is 103 Å². The minimum atomic E-state index is -0.541. The van der Waals surface area contributed by atoms with Gasteiger partial charge in [-0.3, -0.25) is 0 Å². The van der Waals surface area contributed by atoms with Crippen molar-refractivity contribution in [1.29, 1.82) is 0 Å². The lowest BCUT2D eigenvalue weighted by atomic mass is 10.1. The van der Waals surface area contributed by atoms with Crippen LogP contribution in [0.5, 0.6) is 0 Å². The zero-order chi connectivity index (χ0) is 10.8. The lowest BCUT2D eigenvalue weighted by Gasteiger charge is -2.01. The standard InChI is InChI=1S/C9H5F2IN2S/c10-6-2-1-3-7(11)5(6)4-8-13-9(12)14-15-8/h1-3H,4H2. The summed E-state index contributed by atoms with van der Waals surface area (Å²) in [4.78, 5) is 4.05. The number of hydrogen-bond acceptors (Lipinski definition) is 3. The molecule has 0 aliphatic heterocycles. The first-order valence-electron chi connectivity index (χ1n) is 4.08. The molecular formula is C9H5F2IN2S. The molecule has 0 bridgehead atoms. The molecule has 0 saturated heterocycles. The summed E-state index contributed by atoms with van der Waals surface area (Å²) in [6.07, 6.45) is 0.152. The van der Waals surface area contributed by atoms with E-state index >= 15 is 0 Å². The molecule has 78 valence electrons. The Kier molecular flexibility index (Phi) is 3.25. The normalized spacial score (nSPS) is 10.6. The molecule has 0 aliphatic rings. The molecule has 6 heteroatoms. The molecule has 0 aliphatic carbocycles. The van der Waals surface area contributed by atoms with Crippen molar-refractivity contribution in [3.05, 3.63) is 44.2 Å². The van der Waals surface area contributed by atoms with Crippen LogP contribution in [-0.2, 0) is 6.42 Å². The molecule has 15 heavy (non-hydrogen) atoms. The Hall–Kier alpha value is -0.630. The van der Waals surface area contributed by atoms with Gasteiger partial charge in [0.1, 0.15) is 16.6 Å². The number of benzene rings is 1. The van der Waals surface area contributed by atoms with Crippen molar-refractivity contribution in [3.63, 3.8) is 0 Å². The van der Waals surface area contributed by atoms with Gasteiger partial charge in [-0.25, -0.2) is 13.8 Å². The Morgan fingerprint density at radius 1 is 1.27 bits per heavy atom. The van der Waals surface area contributed by atoms with Crippen molar-refractivity contribution in [2.75, 3.05) is 0 Å². The fourth-order valence-corrected chi connectivity index (χ4v) is 2.47. The summed E-state index contributed by atoms with van der Waals surface area (Å²) >= 11 is 3.12. The van der Waals surface area contributed by atoms with Gasteiger partial charge in [0.15, 0.2) is 0 Å². The monoisotopic (exact) mass is 338 g/mol. The van der Waals surface area contributed by atoms with Gasteiger partial charge in [-0.1, -0.05) is 6.07 Å². The van der Waals surface area contributed by atoms with Crippen molar-refractivity contribution in [3.8, 4) is 0 Å². The Bertz CT molecular complexity index is 466. The van der Waals surface area contributed by atoms with Crippen LogP contribution in [0, 0.1) is 15.5 Å². The van der Waals surface area contributed by atoms with Crippen molar-refractivity contribution < 1.29 is 8.78 Å². The summed E-state index contributed by atoms with van der Waals surface area (Å²) in [5.41, 5.74) is 0.0463. The van der Waals surface area contributed by atoms with E-state index in [-0.39, 0.29) is 12.0 Å². The Morgan fingerprint density at radius 3 is 2.47 bits per heavy atom. The van der Waals surface area contributed by atoms with Crippen LogP contribution in [0.25, 0.3) is 0 Å². The lowest BCUT2D eigenvalue weighted by Crippen LogP contribution is -1.96. The van der Waals surface area contributed by atoms with Gasteiger partial charge in [-0.15, -0.1) is 0 Å². The van der Waals surface area contributed by atoms with Gasteiger partial charge in [0.05, 0.1) is 0 Å². The molecule has 0 spiro atoms. The van der Waals surface area contributed by atoms with Crippen molar-refractivity contribution in [2.45, 2.75) is 6.42 Å². The third-order valence-corrected chi connectivity index (χ3v) is 3.35. The second-order valence-electron chi connectivity index (χ2n) is 2.83. The highest BCUT2D eigenvalue weighted by Gasteiger charge is 2.11. The van der Waals surface area contributed by atoms with E-state index < -0.39 is 11.6 Å². The van der Waals surface area contributed by atoms with Crippen LogP contribution >= 0.6 is 34.1 Å². The van der Waals surface area contributed by atoms with Gasteiger partial charge in [-0.05, 0) is 23.7 Å². The molecule has 1 aromatic heterocycles. The van der Waals surface area contributed by atoms with Gasteiger partial charge in [0, 0.05) is 34.6 Å².